The fourth-order valence-electron chi connectivity index (χ4n) is 3.71. The first-order chi connectivity index (χ1) is 18.2. The van der Waals surface area contributed by atoms with Crippen LogP contribution in [0.15, 0.2) is 98.2 Å². The molecule has 3 aromatic carbocycles. The standard InChI is InChI=1S/C26H24Cl2N6O3S/c1-2-23(35)30-25(29)31-26(33-38(36,37)21-14-12-20(28)13-15-21)34-16-22(17-6-4-3-5-7-17)24(32-34)18-8-10-19(27)11-9-18/h3-15,22H,2,16H2,1H3,(H3,29,30,31,33,35). The van der Waals surface area contributed by atoms with Crippen LogP contribution in [0.5, 0.6) is 0 Å². The fraction of sp³-hybridized carbons (Fsp3) is 0.154. The highest BCUT2D eigenvalue weighted by Crippen LogP contribution is 2.30. The molecule has 1 amide bonds. The molecule has 3 aromatic rings. The summed E-state index contributed by atoms with van der Waals surface area (Å²) in [5, 5.41) is 9.43. The van der Waals surface area contributed by atoms with E-state index >= 15 is 0 Å². The van der Waals surface area contributed by atoms with Crippen molar-refractivity contribution in [1.29, 1.82) is 0 Å². The molecule has 0 saturated heterocycles. The van der Waals surface area contributed by atoms with Gasteiger partial charge in [-0.2, -0.15) is 18.5 Å². The Bertz CT molecular complexity index is 1510. The van der Waals surface area contributed by atoms with Crippen LogP contribution in [0.1, 0.15) is 30.4 Å². The predicted molar refractivity (Wildman–Crippen MR) is 150 cm³/mol. The number of hydrazone groups is 1. The number of hydrogen-bond acceptors (Lipinski definition) is 4. The van der Waals surface area contributed by atoms with E-state index in [4.69, 9.17) is 34.0 Å². The topological polar surface area (TPSA) is 130 Å². The summed E-state index contributed by atoms with van der Waals surface area (Å²) in [6.07, 6.45) is 0.157. The van der Waals surface area contributed by atoms with Crippen molar-refractivity contribution in [3.05, 3.63) is 100 Å². The minimum Gasteiger partial charge on any atom is -0.369 e. The number of nitrogens with zero attached hydrogens (tertiary/aromatic N) is 4. The molecule has 12 heteroatoms. The van der Waals surface area contributed by atoms with Crippen LogP contribution >= 0.6 is 23.2 Å². The van der Waals surface area contributed by atoms with Gasteiger partial charge in [0.25, 0.3) is 16.0 Å². The van der Waals surface area contributed by atoms with Crippen LogP contribution in [0.3, 0.4) is 0 Å². The molecule has 9 nitrogen and oxygen atoms in total. The lowest BCUT2D eigenvalue weighted by molar-refractivity contribution is -0.119. The zero-order valence-corrected chi connectivity index (χ0v) is 22.6. The average Bonchev–Trinajstić information content (AvgIpc) is 3.35. The summed E-state index contributed by atoms with van der Waals surface area (Å²) in [4.78, 5) is 15.9. The number of guanidine groups is 2. The van der Waals surface area contributed by atoms with E-state index in [1.165, 1.54) is 29.3 Å². The first-order valence-corrected chi connectivity index (χ1v) is 13.8. The van der Waals surface area contributed by atoms with Crippen molar-refractivity contribution < 1.29 is 13.2 Å². The highest BCUT2D eigenvalue weighted by Gasteiger charge is 2.32. The summed E-state index contributed by atoms with van der Waals surface area (Å²) in [5.41, 5.74) is 8.35. The Morgan fingerprint density at radius 3 is 2.24 bits per heavy atom. The quantitative estimate of drug-likeness (QED) is 0.347. The molecule has 4 rings (SSSR count). The first kappa shape index (κ1) is 27.3. The maximum absolute atomic E-state index is 13.2. The maximum atomic E-state index is 13.2. The monoisotopic (exact) mass is 570 g/mol. The van der Waals surface area contributed by atoms with Crippen molar-refractivity contribution in [2.45, 2.75) is 24.2 Å². The van der Waals surface area contributed by atoms with E-state index in [0.29, 0.717) is 15.8 Å². The number of aliphatic imine (C=N–C) groups is 1. The zero-order valence-electron chi connectivity index (χ0n) is 20.3. The third kappa shape index (κ3) is 6.58. The molecule has 38 heavy (non-hydrogen) atoms. The molecule has 0 spiro atoms. The summed E-state index contributed by atoms with van der Waals surface area (Å²) in [6.45, 7) is 1.87. The number of rotatable bonds is 5. The van der Waals surface area contributed by atoms with E-state index in [2.05, 4.69) is 14.7 Å². The summed E-state index contributed by atoms with van der Waals surface area (Å²) < 4.78 is 30.3. The Morgan fingerprint density at radius 1 is 1.03 bits per heavy atom. The second-order valence-electron chi connectivity index (χ2n) is 8.26. The lowest BCUT2D eigenvalue weighted by Crippen LogP contribution is -2.38. The fourth-order valence-corrected chi connectivity index (χ4v) is 4.90. The van der Waals surface area contributed by atoms with Crippen LogP contribution in [0.2, 0.25) is 10.0 Å². The van der Waals surface area contributed by atoms with Crippen LogP contribution in [0, 0.1) is 0 Å². The average molecular weight is 571 g/mol. The third-order valence-electron chi connectivity index (χ3n) is 5.61. The van der Waals surface area contributed by atoms with E-state index in [1.807, 2.05) is 42.5 Å². The Labute approximate surface area is 230 Å². The van der Waals surface area contributed by atoms with Crippen LogP contribution in [0.4, 0.5) is 0 Å². The molecule has 3 N–H and O–H groups in total. The normalized spacial score (nSPS) is 16.3. The Kier molecular flexibility index (Phi) is 8.45. The molecule has 0 radical (unpaired) electrons. The molecular weight excluding hydrogens is 547 g/mol. The summed E-state index contributed by atoms with van der Waals surface area (Å²) in [7, 11) is -4.24. The minimum atomic E-state index is -4.24. The number of nitrogens with two attached hydrogens (primary N) is 1. The van der Waals surface area contributed by atoms with E-state index in [0.717, 1.165) is 11.1 Å². The number of sulfonamides is 1. The minimum absolute atomic E-state index is 0.0912. The molecule has 0 fully saturated rings. The number of nitrogens with one attached hydrogen (secondary N) is 1. The maximum Gasteiger partial charge on any atom is 0.285 e. The number of halogens is 2. The number of carbonyl (C=O) groups excluding carboxylic acids is 1. The summed E-state index contributed by atoms with van der Waals surface area (Å²) in [6, 6.07) is 22.4. The van der Waals surface area contributed by atoms with Gasteiger partial charge in [0.1, 0.15) is 0 Å². The largest absolute Gasteiger partial charge is 0.369 e. The summed E-state index contributed by atoms with van der Waals surface area (Å²) >= 11 is 12.0. The van der Waals surface area contributed by atoms with Gasteiger partial charge in [0.2, 0.25) is 11.9 Å². The molecule has 0 aromatic heterocycles. The van der Waals surface area contributed by atoms with Gasteiger partial charge in [0, 0.05) is 22.4 Å². The molecule has 0 bridgehead atoms. The smallest absolute Gasteiger partial charge is 0.285 e. The Morgan fingerprint density at radius 2 is 1.63 bits per heavy atom. The molecule has 1 heterocycles. The van der Waals surface area contributed by atoms with Crippen LogP contribution in [-0.2, 0) is 14.8 Å². The van der Waals surface area contributed by atoms with Gasteiger partial charge in [-0.1, -0.05) is 72.6 Å². The van der Waals surface area contributed by atoms with Crippen molar-refractivity contribution in [2.24, 2.45) is 20.2 Å². The van der Waals surface area contributed by atoms with Crippen LogP contribution in [-0.4, -0.2) is 43.5 Å². The molecule has 1 unspecified atom stereocenters. The zero-order chi connectivity index (χ0) is 27.3. The van der Waals surface area contributed by atoms with Gasteiger partial charge in [0.15, 0.2) is 0 Å². The van der Waals surface area contributed by atoms with E-state index < -0.39 is 10.0 Å². The number of hydrogen-bond donors (Lipinski definition) is 2. The van der Waals surface area contributed by atoms with Crippen molar-refractivity contribution >= 4 is 56.8 Å². The van der Waals surface area contributed by atoms with E-state index in [1.54, 1.807) is 19.1 Å². The second kappa shape index (κ2) is 11.8. The lowest BCUT2D eigenvalue weighted by Gasteiger charge is -2.16. The Hall–Kier alpha value is -3.73. The highest BCUT2D eigenvalue weighted by atomic mass is 35.5. The van der Waals surface area contributed by atoms with Gasteiger partial charge >= 0.3 is 0 Å². The highest BCUT2D eigenvalue weighted by molar-refractivity contribution is 7.90. The van der Waals surface area contributed by atoms with E-state index in [-0.39, 0.29) is 41.6 Å². The van der Waals surface area contributed by atoms with Crippen molar-refractivity contribution in [2.75, 3.05) is 6.54 Å². The van der Waals surface area contributed by atoms with E-state index in [9.17, 15) is 13.2 Å². The van der Waals surface area contributed by atoms with Crippen molar-refractivity contribution in [1.82, 2.24) is 10.3 Å². The second-order valence-corrected chi connectivity index (χ2v) is 10.7. The lowest BCUT2D eigenvalue weighted by atomic mass is 9.91. The van der Waals surface area contributed by atoms with Crippen molar-refractivity contribution in [3.8, 4) is 0 Å². The predicted octanol–water partition coefficient (Wildman–Crippen LogP) is 4.38. The molecule has 1 atom stereocenters. The van der Waals surface area contributed by atoms with Gasteiger partial charge in [-0.15, -0.1) is 4.40 Å². The summed E-state index contributed by atoms with van der Waals surface area (Å²) in [5.74, 6) is -1.25. The van der Waals surface area contributed by atoms with Gasteiger partial charge in [-0.25, -0.2) is 5.01 Å². The van der Waals surface area contributed by atoms with Gasteiger partial charge < -0.3 is 5.73 Å². The van der Waals surface area contributed by atoms with Gasteiger partial charge in [0.05, 0.1) is 17.2 Å². The molecule has 196 valence electrons. The SMILES string of the molecule is CCC(=O)N/C(N)=N/C(=N/S(=O)(=O)c1ccc(Cl)cc1)N1CC(c2ccccc2)C(c2ccc(Cl)cc2)=N1. The number of carbonyl (C=O) groups is 1. The molecule has 0 saturated carbocycles. The molecule has 1 aliphatic heterocycles. The van der Waals surface area contributed by atoms with Crippen LogP contribution in [0.25, 0.3) is 0 Å². The molecular formula is C26H24Cl2N6O3S. The van der Waals surface area contributed by atoms with Crippen LogP contribution < -0.4 is 11.1 Å². The first-order valence-electron chi connectivity index (χ1n) is 11.6. The Balaban J connectivity index is 1.82. The number of benzene rings is 3. The molecule has 0 aliphatic carbocycles. The van der Waals surface area contributed by atoms with Crippen molar-refractivity contribution in [3.63, 3.8) is 0 Å². The third-order valence-corrected chi connectivity index (χ3v) is 7.38. The molecule has 1 aliphatic rings. The van der Waals surface area contributed by atoms with Gasteiger partial charge in [-0.3, -0.25) is 10.1 Å². The van der Waals surface area contributed by atoms with Gasteiger partial charge in [-0.05, 0) is 47.5 Å². The number of amides is 1.